The van der Waals surface area contributed by atoms with Gasteiger partial charge in [0, 0.05) is 19.6 Å². The average molecular weight is 363 g/mol. The molecule has 0 aliphatic heterocycles. The number of amides is 1. The lowest BCUT2D eigenvalue weighted by atomic mass is 9.94. The van der Waals surface area contributed by atoms with Crippen LogP contribution in [-0.2, 0) is 4.79 Å². The van der Waals surface area contributed by atoms with E-state index in [4.69, 9.17) is 10.5 Å². The highest BCUT2D eigenvalue weighted by Crippen LogP contribution is 2.20. The zero-order chi connectivity index (χ0) is 17.4. The van der Waals surface area contributed by atoms with Gasteiger partial charge in [0.05, 0.1) is 12.5 Å². The molecule has 0 heterocycles. The summed E-state index contributed by atoms with van der Waals surface area (Å²) in [6.45, 7) is 3.12. The van der Waals surface area contributed by atoms with Crippen molar-refractivity contribution in [2.75, 3.05) is 20.2 Å². The van der Waals surface area contributed by atoms with Gasteiger partial charge in [-0.2, -0.15) is 0 Å². The lowest BCUT2D eigenvalue weighted by Crippen LogP contribution is -2.37. The Hall–Kier alpha value is -2.04. The van der Waals surface area contributed by atoms with Crippen molar-refractivity contribution in [3.05, 3.63) is 66.2 Å². The van der Waals surface area contributed by atoms with Crippen molar-refractivity contribution < 1.29 is 9.53 Å². The summed E-state index contributed by atoms with van der Waals surface area (Å²) in [4.78, 5) is 14.3. The highest BCUT2D eigenvalue weighted by Gasteiger charge is 2.24. The van der Waals surface area contributed by atoms with Crippen molar-refractivity contribution in [3.8, 4) is 5.75 Å². The van der Waals surface area contributed by atoms with Gasteiger partial charge in [0.25, 0.3) is 0 Å². The molecule has 0 aliphatic rings. The Morgan fingerprint density at radius 1 is 1.08 bits per heavy atom. The molecule has 5 heteroatoms. The van der Waals surface area contributed by atoms with Gasteiger partial charge in [-0.1, -0.05) is 55.5 Å². The fourth-order valence-corrected chi connectivity index (χ4v) is 2.58. The standard InChI is InChI=1S/C20H26N2O2.ClH/c1-16(19(21)17-10-5-3-6-11-17)20(23)22(2)14-9-15-24-18-12-7-4-8-13-18;/h3-8,10-13,16,19H,9,14-15,21H2,1-2H3;1H. The van der Waals surface area contributed by atoms with Crippen molar-refractivity contribution in [1.29, 1.82) is 0 Å². The number of hydrogen-bond acceptors (Lipinski definition) is 3. The maximum absolute atomic E-state index is 12.5. The molecular formula is C20H27ClN2O2. The second-order valence-electron chi connectivity index (χ2n) is 6.00. The number of ether oxygens (including phenoxy) is 1. The van der Waals surface area contributed by atoms with Crippen LogP contribution in [0.1, 0.15) is 24.9 Å². The summed E-state index contributed by atoms with van der Waals surface area (Å²) in [5.74, 6) is 0.657. The van der Waals surface area contributed by atoms with Crippen LogP contribution in [0, 0.1) is 5.92 Å². The van der Waals surface area contributed by atoms with E-state index >= 15 is 0 Å². The quantitative estimate of drug-likeness (QED) is 0.729. The maximum Gasteiger partial charge on any atom is 0.227 e. The number of halogens is 1. The summed E-state index contributed by atoms with van der Waals surface area (Å²) in [6, 6.07) is 19.2. The fourth-order valence-electron chi connectivity index (χ4n) is 2.58. The lowest BCUT2D eigenvalue weighted by molar-refractivity contribution is -0.134. The van der Waals surface area contributed by atoms with Crippen LogP contribution in [0.15, 0.2) is 60.7 Å². The van der Waals surface area contributed by atoms with Crippen LogP contribution in [0.2, 0.25) is 0 Å². The summed E-state index contributed by atoms with van der Waals surface area (Å²) in [6.07, 6.45) is 0.782. The van der Waals surface area contributed by atoms with E-state index in [9.17, 15) is 4.79 Å². The van der Waals surface area contributed by atoms with E-state index in [0.717, 1.165) is 17.7 Å². The number of benzene rings is 2. The van der Waals surface area contributed by atoms with Crippen molar-refractivity contribution in [3.63, 3.8) is 0 Å². The largest absolute Gasteiger partial charge is 0.494 e. The molecule has 0 spiro atoms. The van der Waals surface area contributed by atoms with Gasteiger partial charge < -0.3 is 15.4 Å². The van der Waals surface area contributed by atoms with E-state index in [1.807, 2.05) is 74.6 Å². The summed E-state index contributed by atoms with van der Waals surface area (Å²) in [5, 5.41) is 0. The smallest absolute Gasteiger partial charge is 0.227 e. The molecule has 25 heavy (non-hydrogen) atoms. The van der Waals surface area contributed by atoms with Gasteiger partial charge in [-0.15, -0.1) is 12.4 Å². The van der Waals surface area contributed by atoms with E-state index in [0.29, 0.717) is 13.2 Å². The molecule has 0 fully saturated rings. The number of carbonyl (C=O) groups is 1. The van der Waals surface area contributed by atoms with Crippen LogP contribution in [0.3, 0.4) is 0 Å². The monoisotopic (exact) mass is 362 g/mol. The van der Waals surface area contributed by atoms with Gasteiger partial charge in [-0.05, 0) is 24.1 Å². The van der Waals surface area contributed by atoms with E-state index in [1.165, 1.54) is 0 Å². The van der Waals surface area contributed by atoms with E-state index in [1.54, 1.807) is 4.90 Å². The predicted molar refractivity (Wildman–Crippen MR) is 104 cm³/mol. The van der Waals surface area contributed by atoms with Gasteiger partial charge >= 0.3 is 0 Å². The number of para-hydroxylation sites is 1. The third-order valence-electron chi connectivity index (χ3n) is 4.14. The molecule has 0 aromatic heterocycles. The van der Waals surface area contributed by atoms with Crippen LogP contribution in [-0.4, -0.2) is 31.0 Å². The van der Waals surface area contributed by atoms with Gasteiger partial charge in [0.15, 0.2) is 0 Å². The first-order valence-electron chi connectivity index (χ1n) is 8.33. The van der Waals surface area contributed by atoms with Crippen LogP contribution < -0.4 is 10.5 Å². The fraction of sp³-hybridized carbons (Fsp3) is 0.350. The van der Waals surface area contributed by atoms with Crippen molar-refractivity contribution in [1.82, 2.24) is 4.90 Å². The molecule has 2 unspecified atom stereocenters. The highest BCUT2D eigenvalue weighted by atomic mass is 35.5. The third-order valence-corrected chi connectivity index (χ3v) is 4.14. The van der Waals surface area contributed by atoms with Gasteiger partial charge in [-0.3, -0.25) is 4.79 Å². The average Bonchev–Trinajstić information content (AvgIpc) is 2.64. The topological polar surface area (TPSA) is 55.6 Å². The molecule has 2 N–H and O–H groups in total. The first kappa shape index (κ1) is 21.0. The predicted octanol–water partition coefficient (Wildman–Crippen LogP) is 3.67. The molecule has 1 amide bonds. The number of carbonyl (C=O) groups excluding carboxylic acids is 1. The van der Waals surface area contributed by atoms with E-state index < -0.39 is 0 Å². The minimum absolute atomic E-state index is 0. The molecule has 0 saturated heterocycles. The van der Waals surface area contributed by atoms with E-state index in [-0.39, 0.29) is 30.3 Å². The zero-order valence-corrected chi connectivity index (χ0v) is 15.6. The van der Waals surface area contributed by atoms with Crippen molar-refractivity contribution >= 4 is 18.3 Å². The van der Waals surface area contributed by atoms with Crippen LogP contribution >= 0.6 is 12.4 Å². The molecule has 4 nitrogen and oxygen atoms in total. The Balaban J connectivity index is 0.00000312. The molecule has 0 bridgehead atoms. The lowest BCUT2D eigenvalue weighted by Gasteiger charge is -2.25. The molecule has 0 radical (unpaired) electrons. The van der Waals surface area contributed by atoms with Crippen LogP contribution in [0.25, 0.3) is 0 Å². The first-order valence-corrected chi connectivity index (χ1v) is 8.33. The summed E-state index contributed by atoms with van der Waals surface area (Å²) in [7, 11) is 1.82. The maximum atomic E-state index is 12.5. The summed E-state index contributed by atoms with van der Waals surface area (Å²) < 4.78 is 5.65. The minimum atomic E-state index is -0.290. The molecule has 0 saturated carbocycles. The molecule has 2 aromatic carbocycles. The number of hydrogen-bond donors (Lipinski definition) is 1. The molecule has 2 rings (SSSR count). The Kier molecular flexibility index (Phi) is 9.03. The second-order valence-corrected chi connectivity index (χ2v) is 6.00. The normalized spacial score (nSPS) is 12.6. The van der Waals surface area contributed by atoms with Gasteiger partial charge in [0.1, 0.15) is 5.75 Å². The Labute approximate surface area is 156 Å². The van der Waals surface area contributed by atoms with E-state index in [2.05, 4.69) is 0 Å². The second kappa shape index (κ2) is 10.7. The molecule has 2 aromatic rings. The van der Waals surface area contributed by atoms with Gasteiger partial charge in [-0.25, -0.2) is 0 Å². The number of nitrogens with two attached hydrogens (primary N) is 1. The van der Waals surface area contributed by atoms with Gasteiger partial charge in [0.2, 0.25) is 5.91 Å². The molecular weight excluding hydrogens is 336 g/mol. The Morgan fingerprint density at radius 2 is 1.64 bits per heavy atom. The summed E-state index contributed by atoms with van der Waals surface area (Å²) in [5.41, 5.74) is 7.22. The SMILES string of the molecule is CC(C(=O)N(C)CCCOc1ccccc1)C(N)c1ccccc1.Cl. The molecule has 136 valence electrons. The summed E-state index contributed by atoms with van der Waals surface area (Å²) >= 11 is 0. The van der Waals surface area contributed by atoms with Crippen LogP contribution in [0.4, 0.5) is 0 Å². The first-order chi connectivity index (χ1) is 11.6. The molecule has 0 aliphatic carbocycles. The van der Waals surface area contributed by atoms with Crippen molar-refractivity contribution in [2.24, 2.45) is 11.7 Å². The number of nitrogens with zero attached hydrogens (tertiary/aromatic N) is 1. The van der Waals surface area contributed by atoms with Crippen LogP contribution in [0.5, 0.6) is 5.75 Å². The Bertz CT molecular complexity index is 622. The third kappa shape index (κ3) is 6.40. The zero-order valence-electron chi connectivity index (χ0n) is 14.8. The Morgan fingerprint density at radius 3 is 2.24 bits per heavy atom. The number of rotatable bonds is 8. The van der Waals surface area contributed by atoms with Crippen molar-refractivity contribution in [2.45, 2.75) is 19.4 Å². The molecule has 2 atom stereocenters. The highest BCUT2D eigenvalue weighted by molar-refractivity contribution is 5.85. The minimum Gasteiger partial charge on any atom is -0.494 e.